The lowest BCUT2D eigenvalue weighted by atomic mass is 10.1. The zero-order valence-electron chi connectivity index (χ0n) is 15.3. The summed E-state index contributed by atoms with van der Waals surface area (Å²) < 4.78 is 25.7. The van der Waals surface area contributed by atoms with Crippen molar-refractivity contribution in [3.05, 3.63) is 65.7 Å². The second-order valence-electron chi connectivity index (χ2n) is 6.15. The zero-order chi connectivity index (χ0) is 19.0. The molecule has 26 heavy (non-hydrogen) atoms. The highest BCUT2D eigenvalue weighted by Crippen LogP contribution is 2.23. The van der Waals surface area contributed by atoms with Crippen LogP contribution in [0.25, 0.3) is 0 Å². The van der Waals surface area contributed by atoms with E-state index in [2.05, 4.69) is 5.32 Å². The summed E-state index contributed by atoms with van der Waals surface area (Å²) in [6.07, 6.45) is 2.78. The molecule has 0 aliphatic rings. The first kappa shape index (κ1) is 20.0. The van der Waals surface area contributed by atoms with Gasteiger partial charge in [-0.3, -0.25) is 9.10 Å². The van der Waals surface area contributed by atoms with E-state index >= 15 is 0 Å². The lowest BCUT2D eigenvalue weighted by Crippen LogP contribution is -2.35. The minimum atomic E-state index is -3.46. The molecule has 6 heteroatoms. The van der Waals surface area contributed by atoms with Gasteiger partial charge in [0.05, 0.1) is 11.9 Å². The summed E-state index contributed by atoms with van der Waals surface area (Å²) in [5, 5.41) is 2.86. The number of hydrogen-bond donors (Lipinski definition) is 1. The van der Waals surface area contributed by atoms with E-state index in [1.807, 2.05) is 55.5 Å². The molecule has 0 atom stereocenters. The van der Waals surface area contributed by atoms with Gasteiger partial charge in [-0.05, 0) is 30.0 Å². The molecule has 0 unspecified atom stereocenters. The number of benzene rings is 2. The van der Waals surface area contributed by atoms with Crippen LogP contribution in [-0.4, -0.2) is 33.7 Å². The molecule has 0 saturated carbocycles. The van der Waals surface area contributed by atoms with Crippen LogP contribution in [0.15, 0.2) is 54.6 Å². The first-order valence-electron chi connectivity index (χ1n) is 8.78. The quantitative estimate of drug-likeness (QED) is 0.734. The maximum atomic E-state index is 12.2. The third-order valence-corrected chi connectivity index (χ3v) is 5.34. The molecule has 5 nitrogen and oxygen atoms in total. The van der Waals surface area contributed by atoms with Crippen LogP contribution < -0.4 is 9.62 Å². The fourth-order valence-electron chi connectivity index (χ4n) is 2.80. The number of para-hydroxylation sites is 1. The molecule has 2 rings (SSSR count). The van der Waals surface area contributed by atoms with E-state index in [9.17, 15) is 13.2 Å². The Bertz CT molecular complexity index is 820. The molecule has 2 aromatic rings. The van der Waals surface area contributed by atoms with Crippen LogP contribution in [0.4, 0.5) is 5.69 Å². The van der Waals surface area contributed by atoms with Gasteiger partial charge in [0.1, 0.15) is 0 Å². The molecule has 0 aromatic heterocycles. The molecule has 1 N–H and O–H groups in total. The fourth-order valence-corrected chi connectivity index (χ4v) is 3.76. The highest BCUT2D eigenvalue weighted by molar-refractivity contribution is 7.92. The summed E-state index contributed by atoms with van der Waals surface area (Å²) >= 11 is 0. The molecule has 2 aromatic carbocycles. The van der Waals surface area contributed by atoms with Crippen molar-refractivity contribution in [2.75, 3.05) is 23.7 Å². The van der Waals surface area contributed by atoms with E-state index in [1.165, 1.54) is 10.6 Å². The maximum absolute atomic E-state index is 12.2. The van der Waals surface area contributed by atoms with Crippen LogP contribution in [0, 0.1) is 0 Å². The number of hydrogen-bond acceptors (Lipinski definition) is 3. The highest BCUT2D eigenvalue weighted by Gasteiger charge is 2.20. The molecule has 140 valence electrons. The Morgan fingerprint density at radius 3 is 2.35 bits per heavy atom. The van der Waals surface area contributed by atoms with E-state index < -0.39 is 10.0 Å². The second-order valence-corrected chi connectivity index (χ2v) is 8.06. The summed E-state index contributed by atoms with van der Waals surface area (Å²) in [5.41, 5.74) is 2.75. The smallest absolute Gasteiger partial charge is 0.232 e. The first-order valence-corrected chi connectivity index (χ1v) is 10.6. The van der Waals surface area contributed by atoms with E-state index in [-0.39, 0.29) is 18.9 Å². The van der Waals surface area contributed by atoms with Gasteiger partial charge in [0.15, 0.2) is 0 Å². The third kappa shape index (κ3) is 5.88. The van der Waals surface area contributed by atoms with Crippen molar-refractivity contribution in [1.29, 1.82) is 0 Å². The van der Waals surface area contributed by atoms with Crippen molar-refractivity contribution >= 4 is 21.6 Å². The summed E-state index contributed by atoms with van der Waals surface area (Å²) in [6.45, 7) is 2.65. The number of carbonyl (C=O) groups is 1. The monoisotopic (exact) mass is 374 g/mol. The molecular formula is C20H26N2O3S. The molecule has 0 bridgehead atoms. The van der Waals surface area contributed by atoms with Crippen LogP contribution in [0.2, 0.25) is 0 Å². The Balaban J connectivity index is 1.94. The molecule has 0 aliphatic carbocycles. The number of nitrogens with zero attached hydrogens (tertiary/aromatic N) is 1. The minimum Gasteiger partial charge on any atom is -0.356 e. The van der Waals surface area contributed by atoms with Crippen molar-refractivity contribution in [3.8, 4) is 0 Å². The number of anilines is 1. The van der Waals surface area contributed by atoms with Gasteiger partial charge in [0.25, 0.3) is 0 Å². The number of sulfonamides is 1. The predicted octanol–water partition coefficient (Wildman–Crippen LogP) is 2.76. The number of amides is 1. The second kappa shape index (κ2) is 9.38. The standard InChI is InChI=1S/C20H26N2O3S/c1-3-18-11-7-8-12-19(18)22(26(2,24)25)16-14-20(23)21-15-13-17-9-5-4-6-10-17/h4-12H,3,13-16H2,1-2H3,(H,21,23). The van der Waals surface area contributed by atoms with Gasteiger partial charge < -0.3 is 5.32 Å². The molecule has 0 saturated heterocycles. The SMILES string of the molecule is CCc1ccccc1N(CCC(=O)NCCc1ccccc1)S(C)(=O)=O. The van der Waals surface area contributed by atoms with Gasteiger partial charge in [0, 0.05) is 19.5 Å². The summed E-state index contributed by atoms with van der Waals surface area (Å²) in [5.74, 6) is -0.149. The predicted molar refractivity (Wildman–Crippen MR) is 106 cm³/mol. The van der Waals surface area contributed by atoms with Crippen molar-refractivity contribution in [1.82, 2.24) is 5.32 Å². The zero-order valence-corrected chi connectivity index (χ0v) is 16.1. The molecule has 0 spiro atoms. The number of nitrogens with one attached hydrogen (secondary N) is 1. The van der Waals surface area contributed by atoms with E-state index in [1.54, 1.807) is 6.07 Å². The summed E-state index contributed by atoms with van der Waals surface area (Å²) in [6, 6.07) is 17.3. The average molecular weight is 375 g/mol. The Kier molecular flexibility index (Phi) is 7.21. The van der Waals surface area contributed by atoms with Crippen LogP contribution in [0.1, 0.15) is 24.5 Å². The van der Waals surface area contributed by atoms with Crippen molar-refractivity contribution in [2.24, 2.45) is 0 Å². The molecule has 0 fully saturated rings. The van der Waals surface area contributed by atoms with Crippen LogP contribution in [0.5, 0.6) is 0 Å². The van der Waals surface area contributed by atoms with Gasteiger partial charge in [-0.1, -0.05) is 55.5 Å². The lowest BCUT2D eigenvalue weighted by molar-refractivity contribution is -0.120. The van der Waals surface area contributed by atoms with Gasteiger partial charge >= 0.3 is 0 Å². The van der Waals surface area contributed by atoms with E-state index in [0.717, 1.165) is 24.0 Å². The van der Waals surface area contributed by atoms with Crippen LogP contribution >= 0.6 is 0 Å². The topological polar surface area (TPSA) is 66.5 Å². The largest absolute Gasteiger partial charge is 0.356 e. The van der Waals surface area contributed by atoms with E-state index in [0.29, 0.717) is 12.2 Å². The Hall–Kier alpha value is -2.34. The summed E-state index contributed by atoms with van der Waals surface area (Å²) in [7, 11) is -3.46. The molecule has 0 radical (unpaired) electrons. The number of aryl methyl sites for hydroxylation is 1. The number of rotatable bonds is 9. The molecule has 0 heterocycles. The minimum absolute atomic E-state index is 0.125. The van der Waals surface area contributed by atoms with E-state index in [4.69, 9.17) is 0 Å². The lowest BCUT2D eigenvalue weighted by Gasteiger charge is -2.24. The third-order valence-electron chi connectivity index (χ3n) is 4.16. The normalized spacial score (nSPS) is 11.2. The van der Waals surface area contributed by atoms with Crippen molar-refractivity contribution in [2.45, 2.75) is 26.2 Å². The fraction of sp³-hybridized carbons (Fsp3) is 0.350. The Labute approximate surface area is 156 Å². The maximum Gasteiger partial charge on any atom is 0.232 e. The Morgan fingerprint density at radius 1 is 1.04 bits per heavy atom. The number of carbonyl (C=O) groups excluding carboxylic acids is 1. The van der Waals surface area contributed by atoms with Crippen molar-refractivity contribution in [3.63, 3.8) is 0 Å². The van der Waals surface area contributed by atoms with Gasteiger partial charge in [-0.25, -0.2) is 8.42 Å². The molecule has 0 aliphatic heterocycles. The summed E-state index contributed by atoms with van der Waals surface area (Å²) in [4.78, 5) is 12.1. The van der Waals surface area contributed by atoms with Crippen LogP contribution in [0.3, 0.4) is 0 Å². The highest BCUT2D eigenvalue weighted by atomic mass is 32.2. The van der Waals surface area contributed by atoms with Crippen LogP contribution in [-0.2, 0) is 27.7 Å². The van der Waals surface area contributed by atoms with Crippen molar-refractivity contribution < 1.29 is 13.2 Å². The average Bonchev–Trinajstić information content (AvgIpc) is 2.62. The van der Waals surface area contributed by atoms with Gasteiger partial charge in [0.2, 0.25) is 15.9 Å². The Morgan fingerprint density at radius 2 is 1.69 bits per heavy atom. The van der Waals surface area contributed by atoms with Gasteiger partial charge in [-0.2, -0.15) is 0 Å². The first-order chi connectivity index (χ1) is 12.4. The molecule has 1 amide bonds. The van der Waals surface area contributed by atoms with Gasteiger partial charge in [-0.15, -0.1) is 0 Å². The molecular weight excluding hydrogens is 348 g/mol.